The molecular formula is C17H28. The standard InChI is InChI=1S/C13H16.2C2H6/c1-3-5-9-12(4-2)13-10-7-6-8-11-13;2*1-2/h4-11H,3H2,1-2H3;2*1-2H3/b9-5-,12-4+;;. The second-order valence-corrected chi connectivity index (χ2v) is 2.92. The maximum atomic E-state index is 2.18. The maximum Gasteiger partial charge on any atom is -0.0187 e. The summed E-state index contributed by atoms with van der Waals surface area (Å²) >= 11 is 0. The second-order valence-electron chi connectivity index (χ2n) is 2.92. The van der Waals surface area contributed by atoms with Crippen LogP contribution in [0.5, 0.6) is 0 Å². The first-order valence-electron chi connectivity index (χ1n) is 6.76. The Balaban J connectivity index is 0. The second kappa shape index (κ2) is 14.7. The Bertz CT molecular complexity index is 291. The van der Waals surface area contributed by atoms with Crippen molar-refractivity contribution in [2.75, 3.05) is 0 Å². The molecule has 0 N–H and O–H groups in total. The van der Waals surface area contributed by atoms with E-state index in [-0.39, 0.29) is 0 Å². The van der Waals surface area contributed by atoms with Crippen molar-refractivity contribution < 1.29 is 0 Å². The Labute approximate surface area is 108 Å². The summed E-state index contributed by atoms with van der Waals surface area (Å²) in [4.78, 5) is 0. The largest absolute Gasteiger partial charge is 0.0842 e. The average molecular weight is 232 g/mol. The first-order valence-corrected chi connectivity index (χ1v) is 6.76. The van der Waals surface area contributed by atoms with Gasteiger partial charge in [-0.05, 0) is 24.5 Å². The molecule has 0 unspecified atom stereocenters. The molecule has 1 rings (SSSR count). The zero-order valence-electron chi connectivity index (χ0n) is 12.3. The van der Waals surface area contributed by atoms with Gasteiger partial charge in [0.25, 0.3) is 0 Å². The minimum absolute atomic E-state index is 1.09. The third kappa shape index (κ3) is 8.50. The Morgan fingerprint density at radius 2 is 1.53 bits per heavy atom. The van der Waals surface area contributed by atoms with E-state index >= 15 is 0 Å². The minimum Gasteiger partial charge on any atom is -0.0842 e. The number of benzene rings is 1. The molecule has 0 spiro atoms. The van der Waals surface area contributed by atoms with Crippen LogP contribution < -0.4 is 0 Å². The van der Waals surface area contributed by atoms with Crippen molar-refractivity contribution in [3.05, 3.63) is 54.1 Å². The van der Waals surface area contributed by atoms with Gasteiger partial charge < -0.3 is 0 Å². The quantitative estimate of drug-likeness (QED) is 0.552. The minimum atomic E-state index is 1.09. The molecule has 0 heteroatoms. The molecule has 0 saturated carbocycles. The predicted molar refractivity (Wildman–Crippen MR) is 82.2 cm³/mol. The van der Waals surface area contributed by atoms with Gasteiger partial charge in [-0.25, -0.2) is 0 Å². The summed E-state index contributed by atoms with van der Waals surface area (Å²) in [6.45, 7) is 12.2. The van der Waals surface area contributed by atoms with Crippen LogP contribution in [0, 0.1) is 0 Å². The first-order chi connectivity index (χ1) is 8.38. The monoisotopic (exact) mass is 232 g/mol. The van der Waals surface area contributed by atoms with Gasteiger partial charge in [-0.1, -0.05) is 83.2 Å². The summed E-state index contributed by atoms with van der Waals surface area (Å²) < 4.78 is 0. The van der Waals surface area contributed by atoms with Gasteiger partial charge in [0.05, 0.1) is 0 Å². The fourth-order valence-electron chi connectivity index (χ4n) is 1.23. The molecule has 1 aromatic rings. The van der Waals surface area contributed by atoms with Crippen LogP contribution in [0.1, 0.15) is 53.5 Å². The number of allylic oxidation sites excluding steroid dienone is 4. The van der Waals surface area contributed by atoms with Crippen molar-refractivity contribution in [1.29, 1.82) is 0 Å². The third-order valence-corrected chi connectivity index (χ3v) is 1.95. The lowest BCUT2D eigenvalue weighted by atomic mass is 10.1. The number of hydrogen-bond acceptors (Lipinski definition) is 0. The SMILES string of the molecule is C/C=C(\C=C/CC)c1ccccc1.CC.CC. The highest BCUT2D eigenvalue weighted by molar-refractivity contribution is 5.73. The summed E-state index contributed by atoms with van der Waals surface area (Å²) in [6, 6.07) is 10.4. The van der Waals surface area contributed by atoms with E-state index in [1.54, 1.807) is 0 Å². The van der Waals surface area contributed by atoms with E-state index in [2.05, 4.69) is 56.3 Å². The van der Waals surface area contributed by atoms with Gasteiger partial charge in [0, 0.05) is 0 Å². The van der Waals surface area contributed by atoms with Crippen LogP contribution in [0.4, 0.5) is 0 Å². The highest BCUT2D eigenvalue weighted by Crippen LogP contribution is 2.15. The van der Waals surface area contributed by atoms with E-state index in [0.717, 1.165) is 6.42 Å². The van der Waals surface area contributed by atoms with Crippen LogP contribution in [0.2, 0.25) is 0 Å². The van der Waals surface area contributed by atoms with E-state index in [0.29, 0.717) is 0 Å². The maximum absolute atomic E-state index is 2.18. The summed E-state index contributed by atoms with van der Waals surface area (Å²) in [5, 5.41) is 0. The Kier molecular flexibility index (Phi) is 15.6. The van der Waals surface area contributed by atoms with E-state index in [4.69, 9.17) is 0 Å². The lowest BCUT2D eigenvalue weighted by molar-refractivity contribution is 1.22. The molecule has 0 saturated heterocycles. The molecule has 0 atom stereocenters. The van der Waals surface area contributed by atoms with Crippen molar-refractivity contribution in [1.82, 2.24) is 0 Å². The third-order valence-electron chi connectivity index (χ3n) is 1.95. The summed E-state index contributed by atoms with van der Waals surface area (Å²) in [5.41, 5.74) is 2.58. The van der Waals surface area contributed by atoms with Gasteiger partial charge in [-0.3, -0.25) is 0 Å². The topological polar surface area (TPSA) is 0 Å². The molecule has 0 amide bonds. The van der Waals surface area contributed by atoms with Crippen LogP contribution in [0.15, 0.2) is 48.6 Å². The lowest BCUT2D eigenvalue weighted by Gasteiger charge is -2.00. The van der Waals surface area contributed by atoms with Crippen LogP contribution in [0.25, 0.3) is 5.57 Å². The van der Waals surface area contributed by atoms with Gasteiger partial charge in [0.1, 0.15) is 0 Å². The molecule has 1 aromatic carbocycles. The normalized spacial score (nSPS) is 10.1. The molecule has 0 nitrogen and oxygen atoms in total. The molecule has 0 bridgehead atoms. The first kappa shape index (κ1) is 18.1. The van der Waals surface area contributed by atoms with Gasteiger partial charge in [0.2, 0.25) is 0 Å². The van der Waals surface area contributed by atoms with Crippen LogP contribution in [-0.4, -0.2) is 0 Å². The van der Waals surface area contributed by atoms with Crippen molar-refractivity contribution in [3.63, 3.8) is 0 Å². The zero-order chi connectivity index (χ0) is 13.5. The van der Waals surface area contributed by atoms with Gasteiger partial charge in [-0.15, -0.1) is 0 Å². The fourth-order valence-corrected chi connectivity index (χ4v) is 1.23. The number of rotatable bonds is 3. The highest BCUT2D eigenvalue weighted by atomic mass is 14.0. The van der Waals surface area contributed by atoms with E-state index < -0.39 is 0 Å². The number of hydrogen-bond donors (Lipinski definition) is 0. The van der Waals surface area contributed by atoms with Gasteiger partial charge >= 0.3 is 0 Å². The molecule has 0 aliphatic carbocycles. The predicted octanol–water partition coefficient (Wildman–Crippen LogP) is 6.11. The van der Waals surface area contributed by atoms with E-state index in [1.807, 2.05) is 33.8 Å². The molecule has 96 valence electrons. The summed E-state index contributed by atoms with van der Waals surface area (Å²) in [6.07, 6.45) is 7.59. The molecule has 0 fully saturated rings. The van der Waals surface area contributed by atoms with Gasteiger partial charge in [0.15, 0.2) is 0 Å². The van der Waals surface area contributed by atoms with Crippen molar-refractivity contribution in [3.8, 4) is 0 Å². The highest BCUT2D eigenvalue weighted by Gasteiger charge is 1.92. The Hall–Kier alpha value is -1.30. The molecule has 17 heavy (non-hydrogen) atoms. The molecule has 0 aliphatic rings. The fraction of sp³-hybridized carbons (Fsp3) is 0.412. The summed E-state index contributed by atoms with van der Waals surface area (Å²) in [7, 11) is 0. The van der Waals surface area contributed by atoms with Crippen molar-refractivity contribution in [2.45, 2.75) is 48.0 Å². The molecule has 0 aromatic heterocycles. The van der Waals surface area contributed by atoms with Crippen molar-refractivity contribution >= 4 is 5.57 Å². The van der Waals surface area contributed by atoms with Crippen LogP contribution in [-0.2, 0) is 0 Å². The molecule has 0 aliphatic heterocycles. The van der Waals surface area contributed by atoms with E-state index in [9.17, 15) is 0 Å². The Morgan fingerprint density at radius 3 is 1.94 bits per heavy atom. The zero-order valence-corrected chi connectivity index (χ0v) is 12.3. The molecular weight excluding hydrogens is 204 g/mol. The van der Waals surface area contributed by atoms with Crippen molar-refractivity contribution in [2.24, 2.45) is 0 Å². The molecule has 0 heterocycles. The van der Waals surface area contributed by atoms with Gasteiger partial charge in [-0.2, -0.15) is 0 Å². The summed E-state index contributed by atoms with van der Waals surface area (Å²) in [5.74, 6) is 0. The molecule has 0 radical (unpaired) electrons. The average Bonchev–Trinajstić information content (AvgIpc) is 2.45. The smallest absolute Gasteiger partial charge is 0.0187 e. The Morgan fingerprint density at radius 1 is 1.00 bits per heavy atom. The lowest BCUT2D eigenvalue weighted by Crippen LogP contribution is -1.78. The van der Waals surface area contributed by atoms with Crippen LogP contribution in [0.3, 0.4) is 0 Å². The van der Waals surface area contributed by atoms with E-state index in [1.165, 1.54) is 11.1 Å². The van der Waals surface area contributed by atoms with Crippen LogP contribution >= 0.6 is 0 Å².